The van der Waals surface area contributed by atoms with Gasteiger partial charge in [-0.15, -0.1) is 0 Å². The van der Waals surface area contributed by atoms with E-state index in [1.54, 1.807) is 33.4 Å². The Morgan fingerprint density at radius 3 is 1.93 bits per heavy atom. The van der Waals surface area contributed by atoms with Gasteiger partial charge >= 0.3 is 0 Å². The molecule has 0 spiro atoms. The van der Waals surface area contributed by atoms with Crippen LogP contribution in [0.25, 0.3) is 6.08 Å². The summed E-state index contributed by atoms with van der Waals surface area (Å²) in [7, 11) is 0. The Morgan fingerprint density at radius 1 is 0.857 bits per heavy atom. The van der Waals surface area contributed by atoms with Gasteiger partial charge in [0.2, 0.25) is 0 Å². The van der Waals surface area contributed by atoms with Gasteiger partial charge in [-0.3, -0.25) is 0 Å². The quantitative estimate of drug-likeness (QED) is 0.346. The van der Waals surface area contributed by atoms with Gasteiger partial charge in [0.05, 0.1) is 0 Å². The van der Waals surface area contributed by atoms with Gasteiger partial charge in [0, 0.05) is 36.7 Å². The van der Waals surface area contributed by atoms with Crippen LogP contribution in [0.3, 0.4) is 0 Å². The molecule has 0 saturated heterocycles. The molecule has 3 aliphatic rings. The smallest absolute Gasteiger partial charge is 0.0177 e. The Bertz CT molecular complexity index is 884. The fourth-order valence-corrected chi connectivity index (χ4v) is 6.29. The first kappa shape index (κ1) is 22.0. The first-order chi connectivity index (χ1) is 12.7. The molecule has 0 bridgehead atoms. The third-order valence-electron chi connectivity index (χ3n) is 8.76. The zero-order valence-corrected chi connectivity index (χ0v) is 22.6. The normalized spacial score (nSPS) is 25.5. The maximum atomic E-state index is 2.61. The van der Waals surface area contributed by atoms with E-state index in [1.165, 1.54) is 55.2 Å². The van der Waals surface area contributed by atoms with Gasteiger partial charge in [-0.05, 0) is 107 Å². The van der Waals surface area contributed by atoms with Crippen LogP contribution < -0.4 is 0 Å². The van der Waals surface area contributed by atoms with Crippen molar-refractivity contribution in [3.05, 3.63) is 62.3 Å². The summed E-state index contributed by atoms with van der Waals surface area (Å²) < 4.78 is 0. The maximum Gasteiger partial charge on any atom is 0.0177 e. The van der Waals surface area contributed by atoms with E-state index in [0.29, 0.717) is 0 Å². The van der Waals surface area contributed by atoms with Crippen LogP contribution >= 0.6 is 0 Å². The third-order valence-corrected chi connectivity index (χ3v) is 8.76. The van der Waals surface area contributed by atoms with Crippen LogP contribution in [0.4, 0.5) is 0 Å². The predicted octanol–water partition coefficient (Wildman–Crippen LogP) is 7.71. The number of rotatable bonds is 3. The summed E-state index contributed by atoms with van der Waals surface area (Å²) >= 11 is 0. The van der Waals surface area contributed by atoms with Gasteiger partial charge < -0.3 is 0 Å². The average molecular weight is 539 g/mol. The second-order valence-electron chi connectivity index (χ2n) is 9.69. The van der Waals surface area contributed by atoms with Gasteiger partial charge in [-0.25, -0.2) is 0 Å². The summed E-state index contributed by atoms with van der Waals surface area (Å²) in [6.07, 6.45) is 10.2. The largest absolute Gasteiger partial charge is 0.0642 e. The second-order valence-corrected chi connectivity index (χ2v) is 9.69. The summed E-state index contributed by atoms with van der Waals surface area (Å²) in [6, 6.07) is 5.14. The zero-order valence-electron chi connectivity index (χ0n) is 19.0. The summed E-state index contributed by atoms with van der Waals surface area (Å²) in [5.41, 5.74) is 14.5. The zero-order chi connectivity index (χ0) is 19.6. The Hall–Kier alpha value is -0.690. The van der Waals surface area contributed by atoms with Crippen molar-refractivity contribution in [1.29, 1.82) is 0 Å². The molecule has 0 aromatic heterocycles. The number of allylic oxidation sites excluding steroid dienone is 5. The molecule has 0 nitrogen and oxygen atoms in total. The van der Waals surface area contributed by atoms with Crippen molar-refractivity contribution in [3.8, 4) is 0 Å². The minimum atomic E-state index is 0. The van der Waals surface area contributed by atoms with E-state index < -0.39 is 0 Å². The summed E-state index contributed by atoms with van der Waals surface area (Å²) in [4.78, 5) is 0. The number of hydrogen-bond donors (Lipinski definition) is 0. The maximum absolute atomic E-state index is 2.61. The van der Waals surface area contributed by atoms with E-state index in [9.17, 15) is 0 Å². The molecule has 1 atom stereocenters. The van der Waals surface area contributed by atoms with Crippen LogP contribution in [0.1, 0.15) is 96.4 Å². The summed E-state index contributed by atoms with van der Waals surface area (Å²) in [5.74, 6) is 0. The monoisotopic (exact) mass is 540 g/mol. The number of hydrogen-bond acceptors (Lipinski definition) is 0. The van der Waals surface area contributed by atoms with Crippen LogP contribution in [-0.2, 0) is 44.1 Å². The number of benzene rings is 1. The first-order valence-corrected chi connectivity index (χ1v) is 11.0. The van der Waals surface area contributed by atoms with Crippen LogP contribution in [0.15, 0.2) is 40.0 Å². The molecule has 1 unspecified atom stereocenters. The Morgan fingerprint density at radius 2 is 1.39 bits per heavy atom. The van der Waals surface area contributed by atoms with E-state index in [4.69, 9.17) is 0 Å². The molecule has 0 heterocycles. The van der Waals surface area contributed by atoms with Gasteiger partial charge in [-0.2, -0.15) is 0 Å². The molecule has 148 valence electrons. The Labute approximate surface area is 191 Å². The van der Waals surface area contributed by atoms with Crippen LogP contribution in [0, 0.1) is 5.41 Å². The van der Waals surface area contributed by atoms with Crippen molar-refractivity contribution in [3.63, 3.8) is 0 Å². The van der Waals surface area contributed by atoms with E-state index in [-0.39, 0.29) is 36.7 Å². The predicted molar refractivity (Wildman–Crippen MR) is 118 cm³/mol. The first-order valence-electron chi connectivity index (χ1n) is 11.0. The molecular weight excluding hydrogens is 503 g/mol. The van der Waals surface area contributed by atoms with Crippen molar-refractivity contribution < 1.29 is 25.8 Å². The average Bonchev–Trinajstić information content (AvgIpc) is 3.00. The van der Waals surface area contributed by atoms with Crippen LogP contribution in [0.5, 0.6) is 0 Å². The molecule has 3 aliphatic carbocycles. The van der Waals surface area contributed by atoms with Crippen molar-refractivity contribution in [2.75, 3.05) is 0 Å². The molecule has 0 amide bonds. The topological polar surface area (TPSA) is 0 Å². The molecule has 0 saturated carbocycles. The van der Waals surface area contributed by atoms with Crippen molar-refractivity contribution in [2.24, 2.45) is 5.41 Å². The van der Waals surface area contributed by atoms with Crippen molar-refractivity contribution in [2.45, 2.75) is 92.4 Å². The summed E-state index contributed by atoms with van der Waals surface area (Å²) in [5, 5.41) is 0. The van der Waals surface area contributed by atoms with Crippen molar-refractivity contribution >= 4 is 6.08 Å². The summed E-state index contributed by atoms with van der Waals surface area (Å²) in [6.45, 7) is 16.7. The van der Waals surface area contributed by atoms with Crippen molar-refractivity contribution in [1.82, 2.24) is 0 Å². The molecule has 1 heteroatoms. The molecule has 1 aromatic rings. The van der Waals surface area contributed by atoms with Gasteiger partial charge in [0.25, 0.3) is 0 Å². The molecule has 0 N–H and O–H groups in total. The van der Waals surface area contributed by atoms with Crippen LogP contribution in [-0.4, -0.2) is 0 Å². The van der Waals surface area contributed by atoms with Crippen LogP contribution in [0.2, 0.25) is 0 Å². The van der Waals surface area contributed by atoms with E-state index in [0.717, 1.165) is 0 Å². The Kier molecular flexibility index (Phi) is 5.92. The fourth-order valence-electron chi connectivity index (χ4n) is 6.29. The third kappa shape index (κ3) is 2.94. The Balaban J connectivity index is 0.00000225. The van der Waals surface area contributed by atoms with E-state index in [1.807, 2.05) is 0 Å². The van der Waals surface area contributed by atoms with Gasteiger partial charge in [-0.1, -0.05) is 48.8 Å². The van der Waals surface area contributed by atoms with Gasteiger partial charge in [0.15, 0.2) is 0 Å². The molecule has 1 aromatic carbocycles. The molecule has 0 fully saturated rings. The SMILES string of the molecule is CCC1(CC2(C)C(C)=C(C)C(C)=C2C)C(C)=Cc2cc3c(cc21)CCCC3.[Hf]. The minimum absolute atomic E-state index is 0. The standard InChI is InChI=1S/C27H36.Hf/c1-8-27(16-26(7)20(5)18(3)19(4)21(26)6)17(2)13-24-14-22-11-9-10-12-23(22)15-25(24)27;/h13-15H,8-12,16H2,1-7H3;. The van der Waals surface area contributed by atoms with E-state index in [2.05, 4.69) is 66.7 Å². The molecule has 4 rings (SSSR count). The number of aryl methyl sites for hydroxylation is 2. The minimum Gasteiger partial charge on any atom is -0.0642 e. The molecular formula is C27H36Hf. The molecule has 28 heavy (non-hydrogen) atoms. The molecule has 0 radical (unpaired) electrons. The number of fused-ring (bicyclic) bond motifs is 2. The fraction of sp³-hybridized carbons (Fsp3) is 0.556. The van der Waals surface area contributed by atoms with Gasteiger partial charge in [0.1, 0.15) is 0 Å². The van der Waals surface area contributed by atoms with E-state index >= 15 is 0 Å². The molecule has 0 aliphatic heterocycles. The second kappa shape index (κ2) is 7.53.